The molecule has 21 heavy (non-hydrogen) atoms. The average Bonchev–Trinajstić information content (AvgIpc) is 3.02. The number of hydrogen-bond acceptors (Lipinski definition) is 4. The third-order valence-electron chi connectivity index (χ3n) is 4.04. The number of Topliss-reactive ketones (excluding diaryl/α,β-unsaturated/α-hetero) is 1. The summed E-state index contributed by atoms with van der Waals surface area (Å²) in [6.07, 6.45) is 3.08. The van der Waals surface area contributed by atoms with Gasteiger partial charge in [0.25, 0.3) is 0 Å². The van der Waals surface area contributed by atoms with Crippen molar-refractivity contribution in [3.05, 3.63) is 45.6 Å². The van der Waals surface area contributed by atoms with Crippen LogP contribution < -0.4 is 9.47 Å². The van der Waals surface area contributed by atoms with E-state index in [1.54, 1.807) is 37.7 Å². The summed E-state index contributed by atoms with van der Waals surface area (Å²) in [5.41, 5.74) is 1.84. The fourth-order valence-corrected chi connectivity index (χ4v) is 3.94. The summed E-state index contributed by atoms with van der Waals surface area (Å²) in [4.78, 5) is 14.3. The monoisotopic (exact) mass is 302 g/mol. The zero-order valence-corrected chi connectivity index (χ0v) is 13.0. The molecule has 1 aromatic carbocycles. The summed E-state index contributed by atoms with van der Waals surface area (Å²) >= 11 is 1.75. The van der Waals surface area contributed by atoms with Gasteiger partial charge in [-0.15, -0.1) is 11.3 Å². The molecule has 0 bridgehead atoms. The minimum Gasteiger partial charge on any atom is -0.497 e. The van der Waals surface area contributed by atoms with Crippen LogP contribution in [0, 0.1) is 0 Å². The van der Waals surface area contributed by atoms with Gasteiger partial charge in [0.2, 0.25) is 0 Å². The number of hydrogen-bond donors (Lipinski definition) is 0. The highest BCUT2D eigenvalue weighted by molar-refractivity contribution is 7.10. The van der Waals surface area contributed by atoms with Crippen LogP contribution in [0.4, 0.5) is 0 Å². The number of thiophene rings is 1. The van der Waals surface area contributed by atoms with Crippen molar-refractivity contribution in [2.45, 2.75) is 25.2 Å². The molecule has 0 radical (unpaired) electrons. The van der Waals surface area contributed by atoms with Crippen molar-refractivity contribution in [2.75, 3.05) is 14.2 Å². The summed E-state index contributed by atoms with van der Waals surface area (Å²) in [7, 11) is 3.19. The Bertz CT molecular complexity index is 660. The van der Waals surface area contributed by atoms with Crippen LogP contribution in [0.15, 0.2) is 29.6 Å². The van der Waals surface area contributed by atoms with Crippen LogP contribution in [-0.2, 0) is 6.42 Å². The molecule has 1 heterocycles. The van der Waals surface area contributed by atoms with Gasteiger partial charge in [0.05, 0.1) is 19.8 Å². The molecule has 3 nitrogen and oxygen atoms in total. The molecule has 2 aromatic rings. The van der Waals surface area contributed by atoms with Gasteiger partial charge < -0.3 is 9.47 Å². The third kappa shape index (κ3) is 2.56. The second-order valence-electron chi connectivity index (χ2n) is 5.17. The lowest BCUT2D eigenvalue weighted by Crippen LogP contribution is -2.18. The lowest BCUT2D eigenvalue weighted by molar-refractivity contribution is 0.0948. The summed E-state index contributed by atoms with van der Waals surface area (Å²) < 4.78 is 10.6. The number of rotatable bonds is 4. The Morgan fingerprint density at radius 3 is 2.86 bits per heavy atom. The predicted molar refractivity (Wildman–Crippen MR) is 83.9 cm³/mol. The first kappa shape index (κ1) is 14.1. The minimum absolute atomic E-state index is 0.0395. The number of carbonyl (C=O) groups excluding carboxylic acids is 1. The first-order valence-electron chi connectivity index (χ1n) is 7.07. The van der Waals surface area contributed by atoms with Crippen LogP contribution in [0.3, 0.4) is 0 Å². The largest absolute Gasteiger partial charge is 0.497 e. The van der Waals surface area contributed by atoms with Gasteiger partial charge in [0.15, 0.2) is 5.78 Å². The summed E-state index contributed by atoms with van der Waals surface area (Å²) in [5.74, 6) is 1.39. The van der Waals surface area contributed by atoms with Gasteiger partial charge in [-0.3, -0.25) is 4.79 Å². The van der Waals surface area contributed by atoms with Crippen molar-refractivity contribution >= 4 is 17.1 Å². The van der Waals surface area contributed by atoms with E-state index in [2.05, 4.69) is 11.4 Å². The fraction of sp³-hybridized carbons (Fsp3) is 0.353. The topological polar surface area (TPSA) is 35.5 Å². The van der Waals surface area contributed by atoms with Crippen molar-refractivity contribution < 1.29 is 14.3 Å². The van der Waals surface area contributed by atoms with Gasteiger partial charge in [0, 0.05) is 16.9 Å². The molecule has 1 aliphatic rings. The lowest BCUT2D eigenvalue weighted by atomic mass is 9.82. The van der Waals surface area contributed by atoms with E-state index in [1.807, 2.05) is 6.07 Å². The van der Waals surface area contributed by atoms with Gasteiger partial charge >= 0.3 is 0 Å². The molecule has 0 saturated carbocycles. The van der Waals surface area contributed by atoms with E-state index in [4.69, 9.17) is 9.47 Å². The van der Waals surface area contributed by atoms with E-state index in [-0.39, 0.29) is 11.7 Å². The van der Waals surface area contributed by atoms with Crippen LogP contribution in [0.5, 0.6) is 11.5 Å². The van der Waals surface area contributed by atoms with Crippen molar-refractivity contribution in [3.8, 4) is 11.5 Å². The van der Waals surface area contributed by atoms with Crippen molar-refractivity contribution in [1.82, 2.24) is 0 Å². The third-order valence-corrected chi connectivity index (χ3v) is 5.04. The zero-order chi connectivity index (χ0) is 14.8. The zero-order valence-electron chi connectivity index (χ0n) is 12.2. The normalized spacial score (nSPS) is 17.1. The highest BCUT2D eigenvalue weighted by Crippen LogP contribution is 2.38. The quantitative estimate of drug-likeness (QED) is 0.799. The second kappa shape index (κ2) is 5.90. The Kier molecular flexibility index (Phi) is 3.97. The van der Waals surface area contributed by atoms with Crippen LogP contribution >= 0.6 is 11.3 Å². The summed E-state index contributed by atoms with van der Waals surface area (Å²) in [6, 6.07) is 7.48. The molecule has 1 aliphatic carbocycles. The Morgan fingerprint density at radius 2 is 2.10 bits per heavy atom. The Labute approximate surface area is 128 Å². The molecule has 4 heteroatoms. The Morgan fingerprint density at radius 1 is 1.24 bits per heavy atom. The number of fused-ring (bicyclic) bond motifs is 1. The molecule has 1 aromatic heterocycles. The lowest BCUT2D eigenvalue weighted by Gasteiger charge is -2.22. The first-order valence-corrected chi connectivity index (χ1v) is 7.95. The highest BCUT2D eigenvalue weighted by atomic mass is 32.1. The van der Waals surface area contributed by atoms with Crippen LogP contribution in [-0.4, -0.2) is 20.0 Å². The van der Waals surface area contributed by atoms with E-state index in [0.29, 0.717) is 17.1 Å². The molecule has 1 atom stereocenters. The van der Waals surface area contributed by atoms with E-state index in [0.717, 1.165) is 19.3 Å². The molecule has 3 rings (SSSR count). The smallest absolute Gasteiger partial charge is 0.174 e. The van der Waals surface area contributed by atoms with Crippen molar-refractivity contribution in [2.24, 2.45) is 0 Å². The number of ketones is 1. The standard InChI is InChI=1S/C17H18O3S/c1-19-11-6-7-14(15(10-11)20-2)17(18)13-4-3-5-16-12(13)8-9-21-16/h6-10,13H,3-5H2,1-2H3. The molecular formula is C17H18O3S. The van der Waals surface area contributed by atoms with Gasteiger partial charge in [-0.25, -0.2) is 0 Å². The van der Waals surface area contributed by atoms with Crippen LogP contribution in [0.2, 0.25) is 0 Å². The van der Waals surface area contributed by atoms with E-state index in [1.165, 1.54) is 10.4 Å². The number of methoxy groups -OCH3 is 2. The maximum absolute atomic E-state index is 12.9. The minimum atomic E-state index is -0.0395. The van der Waals surface area contributed by atoms with E-state index < -0.39 is 0 Å². The molecule has 0 amide bonds. The molecule has 0 aliphatic heterocycles. The summed E-state index contributed by atoms with van der Waals surface area (Å²) in [5, 5.41) is 2.08. The SMILES string of the molecule is COc1ccc(C(=O)C2CCCc3sccc32)c(OC)c1. The van der Waals surface area contributed by atoms with E-state index in [9.17, 15) is 4.79 Å². The molecule has 110 valence electrons. The fourth-order valence-electron chi connectivity index (χ4n) is 2.95. The van der Waals surface area contributed by atoms with Gasteiger partial charge in [-0.05, 0) is 48.4 Å². The van der Waals surface area contributed by atoms with E-state index >= 15 is 0 Å². The Balaban J connectivity index is 1.97. The number of benzene rings is 1. The summed E-state index contributed by atoms with van der Waals surface area (Å²) in [6.45, 7) is 0. The Hall–Kier alpha value is -1.81. The number of carbonyl (C=O) groups is 1. The van der Waals surface area contributed by atoms with Gasteiger partial charge in [0.1, 0.15) is 11.5 Å². The number of aryl methyl sites for hydroxylation is 1. The second-order valence-corrected chi connectivity index (χ2v) is 6.18. The van der Waals surface area contributed by atoms with Gasteiger partial charge in [-0.2, -0.15) is 0 Å². The molecule has 1 unspecified atom stereocenters. The maximum Gasteiger partial charge on any atom is 0.174 e. The number of ether oxygens (including phenoxy) is 2. The first-order chi connectivity index (χ1) is 10.2. The van der Waals surface area contributed by atoms with Crippen molar-refractivity contribution in [3.63, 3.8) is 0 Å². The molecule has 0 saturated heterocycles. The predicted octanol–water partition coefficient (Wildman–Crippen LogP) is 4.07. The van der Waals surface area contributed by atoms with Crippen LogP contribution in [0.25, 0.3) is 0 Å². The molecular weight excluding hydrogens is 284 g/mol. The van der Waals surface area contributed by atoms with Gasteiger partial charge in [-0.1, -0.05) is 0 Å². The molecule has 0 N–H and O–H groups in total. The molecule has 0 spiro atoms. The van der Waals surface area contributed by atoms with Crippen molar-refractivity contribution in [1.29, 1.82) is 0 Å². The highest BCUT2D eigenvalue weighted by Gasteiger charge is 2.29. The van der Waals surface area contributed by atoms with Crippen LogP contribution in [0.1, 0.15) is 39.6 Å². The maximum atomic E-state index is 12.9. The molecule has 0 fully saturated rings. The average molecular weight is 302 g/mol.